The molecule has 8 N–H and O–H groups in total. The van der Waals surface area contributed by atoms with Crippen LogP contribution in [0.2, 0.25) is 0 Å². The fourth-order valence-electron chi connectivity index (χ4n) is 5.66. The minimum absolute atomic E-state index is 0.198. The van der Waals surface area contributed by atoms with Crippen LogP contribution in [0.15, 0.2) is 24.3 Å². The molecule has 3 rings (SSSR count). The Kier molecular flexibility index (Phi) is 15.5. The van der Waals surface area contributed by atoms with Crippen LogP contribution >= 0.6 is 0 Å². The van der Waals surface area contributed by atoms with E-state index < -0.39 is 12.1 Å². The molecule has 0 aliphatic carbocycles. The molecule has 0 atom stereocenters. The molecule has 1 saturated heterocycles. The van der Waals surface area contributed by atoms with Gasteiger partial charge in [0.1, 0.15) is 11.5 Å². The average molecular weight is 632 g/mol. The zero-order valence-corrected chi connectivity index (χ0v) is 26.8. The molecule has 1 amide bonds. The number of aliphatic hydroxyl groups is 4. The van der Waals surface area contributed by atoms with E-state index in [0.29, 0.717) is 45.8 Å². The minimum atomic E-state index is -0.467. The monoisotopic (exact) mass is 631 g/mol. The Morgan fingerprint density at radius 1 is 0.667 bits per heavy atom. The molecule has 0 spiro atoms. The normalized spacial score (nSPS) is 16.0. The number of aryl methyl sites for hydroxylation is 2. The molecule has 2 aromatic carbocycles. The van der Waals surface area contributed by atoms with Crippen molar-refractivity contribution in [2.75, 3.05) is 65.7 Å². The Balaban J connectivity index is 1.72. The van der Waals surface area contributed by atoms with Crippen LogP contribution in [-0.4, -0.2) is 130 Å². The van der Waals surface area contributed by atoms with E-state index in [-0.39, 0.29) is 37.9 Å². The first-order chi connectivity index (χ1) is 21.7. The van der Waals surface area contributed by atoms with Gasteiger partial charge in [-0.05, 0) is 50.9 Å². The fraction of sp³-hybridized carbons (Fsp3) is 0.606. The number of hydrogen-bond acceptors (Lipinski definition) is 11. The number of phenols is 2. The summed E-state index contributed by atoms with van der Waals surface area (Å²) in [6.45, 7) is 8.90. The van der Waals surface area contributed by atoms with Crippen molar-refractivity contribution in [3.8, 4) is 11.5 Å². The van der Waals surface area contributed by atoms with Crippen LogP contribution < -0.4 is 10.6 Å². The van der Waals surface area contributed by atoms with Crippen LogP contribution in [0.25, 0.3) is 0 Å². The van der Waals surface area contributed by atoms with Crippen molar-refractivity contribution in [2.45, 2.75) is 65.0 Å². The number of phenolic OH excluding ortho intramolecular Hbond substituents is 2. The van der Waals surface area contributed by atoms with E-state index in [1.807, 2.05) is 38.1 Å². The van der Waals surface area contributed by atoms with Gasteiger partial charge >= 0.3 is 0 Å². The SMILES string of the molecule is Cc1ccc(CN2CCCN(C=O)CCN(Cc3ccc(C)c(CNC(CO)CO)c3O)CCC2)c(O)c1CNC(CO)CO. The molecule has 1 fully saturated rings. The van der Waals surface area contributed by atoms with E-state index >= 15 is 0 Å². The van der Waals surface area contributed by atoms with Crippen LogP contribution in [0.3, 0.4) is 0 Å². The minimum Gasteiger partial charge on any atom is -0.507 e. The van der Waals surface area contributed by atoms with Crippen LogP contribution in [0, 0.1) is 13.8 Å². The van der Waals surface area contributed by atoms with Gasteiger partial charge in [0.05, 0.1) is 38.5 Å². The predicted octanol–water partition coefficient (Wildman–Crippen LogP) is 0.157. The highest BCUT2D eigenvalue weighted by Crippen LogP contribution is 2.29. The third-order valence-corrected chi connectivity index (χ3v) is 8.73. The average Bonchev–Trinajstić information content (AvgIpc) is 3.08. The van der Waals surface area contributed by atoms with Gasteiger partial charge in [-0.3, -0.25) is 14.6 Å². The first kappa shape index (κ1) is 36.7. The summed E-state index contributed by atoms with van der Waals surface area (Å²) < 4.78 is 0. The third kappa shape index (κ3) is 10.9. The molecule has 1 aliphatic heterocycles. The molecule has 12 heteroatoms. The van der Waals surface area contributed by atoms with Crippen molar-refractivity contribution >= 4 is 6.41 Å². The highest BCUT2D eigenvalue weighted by atomic mass is 16.3. The zero-order chi connectivity index (χ0) is 32.8. The van der Waals surface area contributed by atoms with Crippen molar-refractivity contribution in [1.82, 2.24) is 25.3 Å². The summed E-state index contributed by atoms with van der Waals surface area (Å²) in [5.74, 6) is 0.414. The molecule has 0 saturated carbocycles. The van der Waals surface area contributed by atoms with Gasteiger partial charge in [0.2, 0.25) is 6.41 Å². The summed E-state index contributed by atoms with van der Waals surface area (Å²) in [6.07, 6.45) is 2.54. The summed E-state index contributed by atoms with van der Waals surface area (Å²) in [6, 6.07) is 6.88. The molecule has 1 heterocycles. The number of aromatic hydroxyl groups is 2. The van der Waals surface area contributed by atoms with Gasteiger partial charge in [-0.25, -0.2) is 0 Å². The standard InChI is InChI=1S/C33H53N5O7/c1-24-5-7-26(32(44)30(24)15-34-28(19-39)20-40)17-36-9-3-11-37(13-14-38(23-43)12-4-10-36)18-27-8-6-25(2)31(33(27)45)16-35-29(21-41)22-42/h5-8,23,28-29,34-35,39-42,44-45H,3-4,9-22H2,1-2H3. The molecule has 1 aliphatic rings. The highest BCUT2D eigenvalue weighted by Gasteiger charge is 2.19. The van der Waals surface area contributed by atoms with Crippen molar-refractivity contribution in [3.63, 3.8) is 0 Å². The lowest BCUT2D eigenvalue weighted by Crippen LogP contribution is -2.36. The van der Waals surface area contributed by atoms with E-state index in [2.05, 4.69) is 20.4 Å². The van der Waals surface area contributed by atoms with E-state index in [1.54, 1.807) is 4.90 Å². The molecule has 0 radical (unpaired) electrons. The summed E-state index contributed by atoms with van der Waals surface area (Å²) in [4.78, 5) is 18.2. The molecular formula is C33H53N5O7. The van der Waals surface area contributed by atoms with Crippen molar-refractivity contribution in [2.24, 2.45) is 0 Å². The maximum atomic E-state index is 11.9. The van der Waals surface area contributed by atoms with Gasteiger partial charge < -0.3 is 46.2 Å². The Labute approximate surface area is 266 Å². The lowest BCUT2D eigenvalue weighted by Gasteiger charge is -2.27. The first-order valence-electron chi connectivity index (χ1n) is 15.9. The quantitative estimate of drug-likeness (QED) is 0.126. The summed E-state index contributed by atoms with van der Waals surface area (Å²) in [5, 5.41) is 66.2. The molecule has 0 unspecified atom stereocenters. The van der Waals surface area contributed by atoms with E-state index in [1.165, 1.54) is 0 Å². The number of carbonyl (C=O) groups is 1. The number of rotatable bonds is 15. The molecule has 2 aromatic rings. The number of benzene rings is 2. The van der Waals surface area contributed by atoms with Gasteiger partial charge in [0.25, 0.3) is 0 Å². The Morgan fingerprint density at radius 2 is 1.09 bits per heavy atom. The first-order valence-corrected chi connectivity index (χ1v) is 15.9. The summed E-state index contributed by atoms with van der Waals surface area (Å²) >= 11 is 0. The Morgan fingerprint density at radius 3 is 1.51 bits per heavy atom. The number of aliphatic hydroxyl groups excluding tert-OH is 4. The zero-order valence-electron chi connectivity index (χ0n) is 26.8. The van der Waals surface area contributed by atoms with Crippen LogP contribution in [0.5, 0.6) is 11.5 Å². The second-order valence-corrected chi connectivity index (χ2v) is 12.0. The lowest BCUT2D eigenvalue weighted by molar-refractivity contribution is -0.118. The Bertz CT molecular complexity index is 1190. The lowest BCUT2D eigenvalue weighted by atomic mass is 10.0. The number of nitrogens with zero attached hydrogens (tertiary/aromatic N) is 3. The van der Waals surface area contributed by atoms with Crippen LogP contribution in [-0.2, 0) is 31.0 Å². The summed E-state index contributed by atoms with van der Waals surface area (Å²) in [7, 11) is 0. The molecule has 252 valence electrons. The number of nitrogens with one attached hydrogen (secondary N) is 2. The predicted molar refractivity (Wildman–Crippen MR) is 173 cm³/mol. The van der Waals surface area contributed by atoms with Gasteiger partial charge in [0.15, 0.2) is 0 Å². The highest BCUT2D eigenvalue weighted by molar-refractivity contribution is 5.47. The maximum Gasteiger partial charge on any atom is 0.209 e. The Hall–Kier alpha value is -2.81. The van der Waals surface area contributed by atoms with Crippen LogP contribution in [0.1, 0.15) is 46.2 Å². The molecular weight excluding hydrogens is 578 g/mol. The number of amides is 1. The second kappa shape index (κ2) is 19.0. The topological polar surface area (TPSA) is 172 Å². The van der Waals surface area contributed by atoms with E-state index in [0.717, 1.165) is 72.3 Å². The number of hydrogen-bond donors (Lipinski definition) is 8. The smallest absolute Gasteiger partial charge is 0.209 e. The third-order valence-electron chi connectivity index (χ3n) is 8.73. The van der Waals surface area contributed by atoms with Gasteiger partial charge in [0, 0.05) is 74.6 Å². The second-order valence-electron chi connectivity index (χ2n) is 12.0. The molecule has 12 nitrogen and oxygen atoms in total. The largest absolute Gasteiger partial charge is 0.507 e. The van der Waals surface area contributed by atoms with Gasteiger partial charge in [-0.2, -0.15) is 0 Å². The fourth-order valence-corrected chi connectivity index (χ4v) is 5.66. The maximum absolute atomic E-state index is 11.9. The van der Waals surface area contributed by atoms with Crippen LogP contribution in [0.4, 0.5) is 0 Å². The van der Waals surface area contributed by atoms with Gasteiger partial charge in [-0.1, -0.05) is 24.3 Å². The molecule has 45 heavy (non-hydrogen) atoms. The molecule has 0 bridgehead atoms. The van der Waals surface area contributed by atoms with E-state index in [4.69, 9.17) is 0 Å². The molecule has 0 aromatic heterocycles. The van der Waals surface area contributed by atoms with Crippen molar-refractivity contribution in [3.05, 3.63) is 57.6 Å². The number of carbonyl (C=O) groups excluding carboxylic acids is 1. The van der Waals surface area contributed by atoms with E-state index in [9.17, 15) is 35.4 Å². The van der Waals surface area contributed by atoms with Gasteiger partial charge in [-0.15, -0.1) is 0 Å². The summed E-state index contributed by atoms with van der Waals surface area (Å²) in [5.41, 5.74) is 4.89. The van der Waals surface area contributed by atoms with Crippen molar-refractivity contribution in [1.29, 1.82) is 0 Å². The van der Waals surface area contributed by atoms with Crippen molar-refractivity contribution < 1.29 is 35.4 Å².